The van der Waals surface area contributed by atoms with Gasteiger partial charge in [0.15, 0.2) is 0 Å². The number of Topliss-reactive ketones (excluding diaryl/α,β-unsaturated/α-hetero) is 2. The molecule has 0 bridgehead atoms. The van der Waals surface area contributed by atoms with Gasteiger partial charge in [-0.25, -0.2) is 0 Å². The van der Waals surface area contributed by atoms with Gasteiger partial charge in [-0.15, -0.1) is 0 Å². The molecular weight excluding hydrogens is 132 g/mol. The van der Waals surface area contributed by atoms with Crippen LogP contribution in [0.3, 0.4) is 0 Å². The van der Waals surface area contributed by atoms with Crippen molar-refractivity contribution in [3.8, 4) is 0 Å². The van der Waals surface area contributed by atoms with Crippen LogP contribution in [0.1, 0.15) is 20.3 Å². The summed E-state index contributed by atoms with van der Waals surface area (Å²) in [6.45, 7) is 2.81. The van der Waals surface area contributed by atoms with Crippen LogP contribution in [0.5, 0.6) is 0 Å². The summed E-state index contributed by atoms with van der Waals surface area (Å²) in [4.78, 5) is 20.1. The molecule has 0 amide bonds. The zero-order chi connectivity index (χ0) is 5.86. The topological polar surface area (TPSA) is 34.1 Å². The van der Waals surface area contributed by atoms with E-state index in [4.69, 9.17) is 0 Å². The predicted molar refractivity (Wildman–Crippen MR) is 34.5 cm³/mol. The molecule has 0 radical (unpaired) electrons. The average Bonchev–Trinajstić information content (AvgIpc) is 1.27. The van der Waals surface area contributed by atoms with Crippen molar-refractivity contribution >= 4 is 49.3 Å². The molecule has 44 valence electrons. The molecule has 0 atom stereocenters. The van der Waals surface area contributed by atoms with E-state index in [-0.39, 0.29) is 55.7 Å². The second-order valence-corrected chi connectivity index (χ2v) is 1.58. The van der Waals surface area contributed by atoms with Crippen LogP contribution in [-0.2, 0) is 9.59 Å². The van der Waals surface area contributed by atoms with Crippen LogP contribution in [-0.4, -0.2) is 49.3 Å². The van der Waals surface area contributed by atoms with Crippen LogP contribution in [0.4, 0.5) is 0 Å². The number of rotatable bonds is 2. The van der Waals surface area contributed by atoms with Crippen LogP contribution in [0.2, 0.25) is 0 Å². The Morgan fingerprint density at radius 1 is 1.12 bits per heavy atom. The van der Waals surface area contributed by atoms with Gasteiger partial charge in [-0.1, -0.05) is 0 Å². The first-order valence-corrected chi connectivity index (χ1v) is 2.12. The molecule has 0 aromatic carbocycles. The third-order valence-corrected chi connectivity index (χ3v) is 0.498. The number of hydrogen-bond acceptors (Lipinski definition) is 2. The summed E-state index contributed by atoms with van der Waals surface area (Å²) in [5.41, 5.74) is 0. The first-order valence-electron chi connectivity index (χ1n) is 2.12. The van der Waals surface area contributed by atoms with E-state index in [2.05, 4.69) is 0 Å². The summed E-state index contributed by atoms with van der Waals surface area (Å²) in [5.74, 6) is -0.125. The molecular formula is C5H10CaO2. The Morgan fingerprint density at radius 2 is 1.38 bits per heavy atom. The number of hydrogen-bond donors (Lipinski definition) is 0. The quantitative estimate of drug-likeness (QED) is 0.390. The minimum absolute atomic E-state index is 0. The van der Waals surface area contributed by atoms with Crippen molar-refractivity contribution in [3.05, 3.63) is 0 Å². The second kappa shape index (κ2) is 5.73. The molecule has 0 aromatic heterocycles. The molecule has 0 aliphatic rings. The molecule has 0 saturated heterocycles. The summed E-state index contributed by atoms with van der Waals surface area (Å²) in [6.07, 6.45) is 0.0833. The third kappa shape index (κ3) is 9.78. The molecule has 0 heterocycles. The van der Waals surface area contributed by atoms with Gasteiger partial charge in [-0.2, -0.15) is 0 Å². The van der Waals surface area contributed by atoms with E-state index in [0.717, 1.165) is 0 Å². The normalized spacial score (nSPS) is 7.25. The van der Waals surface area contributed by atoms with Gasteiger partial charge >= 0.3 is 37.7 Å². The molecule has 8 heavy (non-hydrogen) atoms. The van der Waals surface area contributed by atoms with Crippen molar-refractivity contribution in [1.82, 2.24) is 0 Å². The van der Waals surface area contributed by atoms with Crippen LogP contribution >= 0.6 is 0 Å². The van der Waals surface area contributed by atoms with Crippen molar-refractivity contribution < 1.29 is 9.59 Å². The standard InChI is InChI=1S/C5H8O2.Ca.2H/c1-4(6)3-5(2)7;;;/h3H2,1-2H3;;;. The van der Waals surface area contributed by atoms with Gasteiger partial charge in [0.2, 0.25) is 0 Å². The van der Waals surface area contributed by atoms with Crippen LogP contribution in [0.25, 0.3) is 0 Å². The van der Waals surface area contributed by atoms with Crippen LogP contribution < -0.4 is 0 Å². The molecule has 0 saturated carbocycles. The molecule has 0 spiro atoms. The first-order chi connectivity index (χ1) is 3.13. The van der Waals surface area contributed by atoms with E-state index in [1.807, 2.05) is 0 Å². The molecule has 0 rings (SSSR count). The molecule has 0 aliphatic carbocycles. The van der Waals surface area contributed by atoms with E-state index >= 15 is 0 Å². The van der Waals surface area contributed by atoms with Gasteiger partial charge in [0.05, 0.1) is 6.42 Å². The third-order valence-electron chi connectivity index (χ3n) is 0.498. The van der Waals surface area contributed by atoms with Crippen molar-refractivity contribution in [2.24, 2.45) is 0 Å². The Kier molecular flexibility index (Phi) is 8.17. The molecule has 2 nitrogen and oxygen atoms in total. The average molecular weight is 142 g/mol. The SMILES string of the molecule is CC(=O)CC(C)=O.[CaH2]. The Hall–Kier alpha value is 0.600. The number of carbonyl (C=O) groups excluding carboxylic acids is 2. The van der Waals surface area contributed by atoms with E-state index < -0.39 is 0 Å². The van der Waals surface area contributed by atoms with E-state index in [1.54, 1.807) is 0 Å². The number of ketones is 2. The predicted octanol–water partition coefficient (Wildman–Crippen LogP) is -0.362. The molecule has 0 fully saturated rings. The summed E-state index contributed by atoms with van der Waals surface area (Å²) in [7, 11) is 0. The van der Waals surface area contributed by atoms with E-state index in [9.17, 15) is 9.59 Å². The zero-order valence-electron chi connectivity index (χ0n) is 4.52. The maximum absolute atomic E-state index is 10.0. The summed E-state index contributed by atoms with van der Waals surface area (Å²) in [6, 6.07) is 0. The minimum atomic E-state index is -0.0625. The molecule has 3 heteroatoms. The van der Waals surface area contributed by atoms with Gasteiger partial charge in [0.25, 0.3) is 0 Å². The maximum atomic E-state index is 10.0. The Morgan fingerprint density at radius 3 is 1.38 bits per heavy atom. The van der Waals surface area contributed by atoms with Crippen molar-refractivity contribution in [3.63, 3.8) is 0 Å². The van der Waals surface area contributed by atoms with Gasteiger partial charge < -0.3 is 0 Å². The summed E-state index contributed by atoms with van der Waals surface area (Å²) >= 11 is 0. The fourth-order valence-corrected chi connectivity index (χ4v) is 0.351. The van der Waals surface area contributed by atoms with Gasteiger partial charge in [0.1, 0.15) is 11.6 Å². The van der Waals surface area contributed by atoms with Crippen LogP contribution in [0.15, 0.2) is 0 Å². The van der Waals surface area contributed by atoms with Gasteiger partial charge in [-0.05, 0) is 13.8 Å². The van der Waals surface area contributed by atoms with Crippen molar-refractivity contribution in [2.45, 2.75) is 20.3 Å². The fourth-order valence-electron chi connectivity index (χ4n) is 0.351. The van der Waals surface area contributed by atoms with E-state index in [0.29, 0.717) is 0 Å². The Bertz CT molecular complexity index is 86.6. The fraction of sp³-hybridized carbons (Fsp3) is 0.600. The summed E-state index contributed by atoms with van der Waals surface area (Å²) in [5, 5.41) is 0. The molecule has 0 N–H and O–H groups in total. The van der Waals surface area contributed by atoms with E-state index in [1.165, 1.54) is 13.8 Å². The number of carbonyl (C=O) groups is 2. The van der Waals surface area contributed by atoms with Crippen LogP contribution in [0, 0.1) is 0 Å². The molecule has 0 aliphatic heterocycles. The second-order valence-electron chi connectivity index (χ2n) is 1.58. The monoisotopic (exact) mass is 142 g/mol. The Labute approximate surface area is 78.6 Å². The Balaban J connectivity index is 0. The first kappa shape index (κ1) is 11.4. The van der Waals surface area contributed by atoms with Crippen molar-refractivity contribution in [1.29, 1.82) is 0 Å². The summed E-state index contributed by atoms with van der Waals surface area (Å²) < 4.78 is 0. The van der Waals surface area contributed by atoms with Gasteiger partial charge in [0, 0.05) is 0 Å². The molecule has 0 aromatic rings. The zero-order valence-corrected chi connectivity index (χ0v) is 4.52. The van der Waals surface area contributed by atoms with Crippen molar-refractivity contribution in [2.75, 3.05) is 0 Å². The molecule has 0 unspecified atom stereocenters. The van der Waals surface area contributed by atoms with Gasteiger partial charge in [-0.3, -0.25) is 9.59 Å².